The number of hydrogen-bond donors (Lipinski definition) is 0. The van der Waals surface area contributed by atoms with E-state index in [0.717, 1.165) is 17.5 Å². The predicted molar refractivity (Wildman–Crippen MR) is 56.2 cm³/mol. The van der Waals surface area contributed by atoms with Crippen LogP contribution in [0.2, 0.25) is 0 Å². The standard InChI is InChI=1S/C11H11NO4/c1-6-7-2-4-16-11(7)9(12(13)14)8-3-5-15-10(6)8/h2-5H2,1H3. The van der Waals surface area contributed by atoms with Gasteiger partial charge < -0.3 is 9.47 Å². The van der Waals surface area contributed by atoms with Gasteiger partial charge in [0.1, 0.15) is 5.75 Å². The topological polar surface area (TPSA) is 61.6 Å². The molecule has 0 amide bonds. The van der Waals surface area contributed by atoms with Crippen molar-refractivity contribution in [1.82, 2.24) is 0 Å². The molecule has 0 fully saturated rings. The zero-order valence-corrected chi connectivity index (χ0v) is 8.91. The molecule has 2 aliphatic heterocycles. The Balaban J connectivity index is 2.36. The number of nitro benzene ring substituents is 1. The minimum atomic E-state index is -0.350. The second kappa shape index (κ2) is 3.10. The number of benzene rings is 1. The third-order valence-electron chi connectivity index (χ3n) is 3.22. The van der Waals surface area contributed by atoms with Crippen molar-refractivity contribution in [1.29, 1.82) is 0 Å². The van der Waals surface area contributed by atoms with Crippen LogP contribution in [0.4, 0.5) is 5.69 Å². The second-order valence-corrected chi connectivity index (χ2v) is 4.04. The lowest BCUT2D eigenvalue weighted by molar-refractivity contribution is -0.386. The summed E-state index contributed by atoms with van der Waals surface area (Å²) in [7, 11) is 0. The number of nitro groups is 1. The van der Waals surface area contributed by atoms with Crippen LogP contribution in [0.15, 0.2) is 0 Å². The van der Waals surface area contributed by atoms with Crippen LogP contribution in [-0.4, -0.2) is 18.1 Å². The molecule has 5 heteroatoms. The van der Waals surface area contributed by atoms with E-state index in [0.29, 0.717) is 36.7 Å². The van der Waals surface area contributed by atoms with Crippen molar-refractivity contribution in [3.8, 4) is 11.5 Å². The van der Waals surface area contributed by atoms with Crippen molar-refractivity contribution < 1.29 is 14.4 Å². The first-order chi connectivity index (χ1) is 7.70. The fourth-order valence-corrected chi connectivity index (χ4v) is 2.51. The van der Waals surface area contributed by atoms with E-state index in [2.05, 4.69) is 0 Å². The molecule has 16 heavy (non-hydrogen) atoms. The third-order valence-corrected chi connectivity index (χ3v) is 3.22. The lowest BCUT2D eigenvalue weighted by Gasteiger charge is -2.09. The van der Waals surface area contributed by atoms with Crippen molar-refractivity contribution in [2.45, 2.75) is 19.8 Å². The van der Waals surface area contributed by atoms with Gasteiger partial charge in [-0.05, 0) is 12.5 Å². The smallest absolute Gasteiger partial charge is 0.318 e. The van der Waals surface area contributed by atoms with Crippen LogP contribution in [-0.2, 0) is 12.8 Å². The summed E-state index contributed by atoms with van der Waals surface area (Å²) >= 11 is 0. The van der Waals surface area contributed by atoms with E-state index in [1.165, 1.54) is 0 Å². The molecule has 0 unspecified atom stereocenters. The molecule has 0 aromatic heterocycles. The summed E-state index contributed by atoms with van der Waals surface area (Å²) in [5.41, 5.74) is 2.76. The highest BCUT2D eigenvalue weighted by Crippen LogP contribution is 2.48. The van der Waals surface area contributed by atoms with E-state index in [-0.39, 0.29) is 10.6 Å². The van der Waals surface area contributed by atoms with Crippen LogP contribution in [0.5, 0.6) is 11.5 Å². The summed E-state index contributed by atoms with van der Waals surface area (Å²) in [6, 6.07) is 0. The first kappa shape index (κ1) is 9.45. The molecule has 1 aromatic carbocycles. The lowest BCUT2D eigenvalue weighted by Crippen LogP contribution is -1.98. The summed E-state index contributed by atoms with van der Waals surface area (Å²) in [5.74, 6) is 1.17. The Morgan fingerprint density at radius 2 is 1.75 bits per heavy atom. The van der Waals surface area contributed by atoms with Gasteiger partial charge >= 0.3 is 5.69 Å². The predicted octanol–water partition coefficient (Wildman–Crippen LogP) is 1.77. The van der Waals surface area contributed by atoms with E-state index in [1.807, 2.05) is 6.92 Å². The van der Waals surface area contributed by atoms with Gasteiger partial charge in [-0.1, -0.05) is 0 Å². The Morgan fingerprint density at radius 1 is 1.12 bits per heavy atom. The minimum absolute atomic E-state index is 0.116. The van der Waals surface area contributed by atoms with Gasteiger partial charge in [-0.2, -0.15) is 0 Å². The van der Waals surface area contributed by atoms with Gasteiger partial charge in [0.25, 0.3) is 0 Å². The van der Waals surface area contributed by atoms with Crippen molar-refractivity contribution in [3.05, 3.63) is 26.8 Å². The van der Waals surface area contributed by atoms with Crippen LogP contribution in [0.1, 0.15) is 16.7 Å². The SMILES string of the molecule is Cc1c2c(c([N+](=O)[O-])c3c1OCC3)OCC2. The van der Waals surface area contributed by atoms with Gasteiger partial charge in [0, 0.05) is 18.4 Å². The number of nitrogens with zero attached hydrogens (tertiary/aromatic N) is 1. The molecule has 3 rings (SSSR count). The number of rotatable bonds is 1. The van der Waals surface area contributed by atoms with E-state index in [1.54, 1.807) is 0 Å². The van der Waals surface area contributed by atoms with Crippen LogP contribution >= 0.6 is 0 Å². The highest BCUT2D eigenvalue weighted by Gasteiger charge is 2.35. The highest BCUT2D eigenvalue weighted by atomic mass is 16.6. The van der Waals surface area contributed by atoms with Crippen LogP contribution in [0.3, 0.4) is 0 Å². The molecule has 0 N–H and O–H groups in total. The molecule has 0 spiro atoms. The zero-order valence-electron chi connectivity index (χ0n) is 8.91. The van der Waals surface area contributed by atoms with E-state index < -0.39 is 0 Å². The van der Waals surface area contributed by atoms with Crippen molar-refractivity contribution in [3.63, 3.8) is 0 Å². The van der Waals surface area contributed by atoms with Gasteiger partial charge in [0.2, 0.25) is 5.75 Å². The molecule has 0 bridgehead atoms. The van der Waals surface area contributed by atoms with Crippen LogP contribution in [0.25, 0.3) is 0 Å². The van der Waals surface area contributed by atoms with Gasteiger partial charge in [0.15, 0.2) is 0 Å². The molecule has 0 radical (unpaired) electrons. The maximum Gasteiger partial charge on any atom is 0.318 e. The molecule has 0 aliphatic carbocycles. The molecule has 1 aromatic rings. The van der Waals surface area contributed by atoms with Gasteiger partial charge in [-0.25, -0.2) is 0 Å². The Kier molecular flexibility index (Phi) is 1.83. The second-order valence-electron chi connectivity index (χ2n) is 4.04. The largest absolute Gasteiger partial charge is 0.492 e. The minimum Gasteiger partial charge on any atom is -0.492 e. The van der Waals surface area contributed by atoms with Gasteiger partial charge in [-0.15, -0.1) is 0 Å². The first-order valence-electron chi connectivity index (χ1n) is 5.28. The molecule has 2 aliphatic rings. The number of ether oxygens (including phenoxy) is 2. The van der Waals surface area contributed by atoms with E-state index in [4.69, 9.17) is 9.47 Å². The summed E-state index contributed by atoms with van der Waals surface area (Å²) < 4.78 is 10.9. The van der Waals surface area contributed by atoms with Crippen LogP contribution in [0, 0.1) is 17.0 Å². The molecule has 5 nitrogen and oxygen atoms in total. The molecule has 84 valence electrons. The van der Waals surface area contributed by atoms with E-state index >= 15 is 0 Å². The normalized spacial score (nSPS) is 16.3. The Morgan fingerprint density at radius 3 is 2.44 bits per heavy atom. The summed E-state index contributed by atoms with van der Waals surface area (Å²) in [5, 5.41) is 11.1. The fourth-order valence-electron chi connectivity index (χ4n) is 2.51. The van der Waals surface area contributed by atoms with E-state index in [9.17, 15) is 10.1 Å². The van der Waals surface area contributed by atoms with Gasteiger partial charge in [0.05, 0.1) is 23.7 Å². The molecule has 2 heterocycles. The molecular formula is C11H11NO4. The average Bonchev–Trinajstić information content (AvgIpc) is 2.84. The molecule has 0 saturated carbocycles. The monoisotopic (exact) mass is 221 g/mol. The maximum atomic E-state index is 11.1. The van der Waals surface area contributed by atoms with Gasteiger partial charge in [-0.3, -0.25) is 10.1 Å². The van der Waals surface area contributed by atoms with Crippen molar-refractivity contribution in [2.75, 3.05) is 13.2 Å². The van der Waals surface area contributed by atoms with Crippen molar-refractivity contribution in [2.24, 2.45) is 0 Å². The molecular weight excluding hydrogens is 210 g/mol. The highest BCUT2D eigenvalue weighted by molar-refractivity contribution is 5.68. The number of fused-ring (bicyclic) bond motifs is 2. The van der Waals surface area contributed by atoms with Crippen molar-refractivity contribution >= 4 is 5.69 Å². The summed E-state index contributed by atoms with van der Waals surface area (Å²) in [6.07, 6.45) is 1.34. The number of hydrogen-bond acceptors (Lipinski definition) is 4. The fraction of sp³-hybridized carbons (Fsp3) is 0.455. The zero-order chi connectivity index (χ0) is 11.3. The lowest BCUT2D eigenvalue weighted by atomic mass is 9.99. The maximum absolute atomic E-state index is 11.1. The molecule has 0 saturated heterocycles. The quantitative estimate of drug-likeness (QED) is 0.535. The Bertz CT molecular complexity index is 460. The Labute approximate surface area is 92.1 Å². The first-order valence-corrected chi connectivity index (χ1v) is 5.28. The summed E-state index contributed by atoms with van der Waals surface area (Å²) in [6.45, 7) is 3.00. The average molecular weight is 221 g/mol. The van der Waals surface area contributed by atoms with Crippen LogP contribution < -0.4 is 9.47 Å². The third kappa shape index (κ3) is 1.05. The Hall–Kier alpha value is -1.78. The summed E-state index contributed by atoms with van der Waals surface area (Å²) in [4.78, 5) is 10.8. The molecule has 0 atom stereocenters.